The summed E-state index contributed by atoms with van der Waals surface area (Å²) in [7, 11) is 1.41. The van der Waals surface area contributed by atoms with Crippen molar-refractivity contribution >= 4 is 18.1 Å². The molecule has 1 aromatic heterocycles. The van der Waals surface area contributed by atoms with Gasteiger partial charge in [0.1, 0.15) is 23.0 Å². The number of hydrogen-bond donors (Lipinski definition) is 1. The summed E-state index contributed by atoms with van der Waals surface area (Å²) in [5.41, 5.74) is -0.278. The molecule has 8 nitrogen and oxygen atoms in total. The second-order valence-electron chi connectivity index (χ2n) is 6.91. The van der Waals surface area contributed by atoms with Crippen LogP contribution in [0, 0.1) is 11.3 Å². The van der Waals surface area contributed by atoms with Crippen molar-refractivity contribution in [3.8, 4) is 17.6 Å². The van der Waals surface area contributed by atoms with Gasteiger partial charge in [-0.3, -0.25) is 4.79 Å². The fourth-order valence-electron chi connectivity index (χ4n) is 2.21. The number of ether oxygens (including phenoxy) is 3. The zero-order chi connectivity index (χ0) is 21.4. The average molecular weight is 398 g/mol. The van der Waals surface area contributed by atoms with Gasteiger partial charge in [0.05, 0.1) is 19.9 Å². The standard InChI is InChI=1S/C21H22N2O6/c1-21(2,3)29-20(25)28-17-8-7-14(11-18(17)26-4)10-15(12-22)19(24)23-13-16-6-5-9-27-16/h5-11H,13H2,1-4H3,(H,23,24)/b15-10+. The van der Waals surface area contributed by atoms with E-state index in [0.29, 0.717) is 11.3 Å². The molecule has 1 N–H and O–H groups in total. The quantitative estimate of drug-likeness (QED) is 0.341. The number of benzene rings is 1. The number of carbonyl (C=O) groups is 2. The second-order valence-corrected chi connectivity index (χ2v) is 6.91. The third-order valence-electron chi connectivity index (χ3n) is 3.45. The van der Waals surface area contributed by atoms with Crippen LogP contribution in [0.25, 0.3) is 6.08 Å². The maximum Gasteiger partial charge on any atom is 0.514 e. The summed E-state index contributed by atoms with van der Waals surface area (Å²) in [4.78, 5) is 24.1. The normalized spacial score (nSPS) is 11.3. The van der Waals surface area contributed by atoms with Crippen LogP contribution in [0.2, 0.25) is 0 Å². The lowest BCUT2D eigenvalue weighted by Crippen LogP contribution is -2.26. The Balaban J connectivity index is 2.13. The smallest absolute Gasteiger partial charge is 0.493 e. The highest BCUT2D eigenvalue weighted by Gasteiger charge is 2.20. The minimum Gasteiger partial charge on any atom is -0.493 e. The molecule has 29 heavy (non-hydrogen) atoms. The van der Waals surface area contributed by atoms with Crippen molar-refractivity contribution in [1.29, 1.82) is 5.26 Å². The Morgan fingerprint density at radius 3 is 2.59 bits per heavy atom. The number of furan rings is 1. The highest BCUT2D eigenvalue weighted by Crippen LogP contribution is 2.29. The summed E-state index contributed by atoms with van der Waals surface area (Å²) in [5, 5.41) is 11.9. The van der Waals surface area contributed by atoms with E-state index < -0.39 is 17.7 Å². The van der Waals surface area contributed by atoms with Crippen LogP contribution in [0.1, 0.15) is 32.1 Å². The highest BCUT2D eigenvalue weighted by molar-refractivity contribution is 6.01. The summed E-state index contributed by atoms with van der Waals surface area (Å²) >= 11 is 0. The fraction of sp³-hybridized carbons (Fsp3) is 0.286. The van der Waals surface area contributed by atoms with Crippen molar-refractivity contribution in [3.05, 3.63) is 53.5 Å². The molecule has 0 spiro atoms. The van der Waals surface area contributed by atoms with Gasteiger partial charge in [-0.1, -0.05) is 6.07 Å². The van der Waals surface area contributed by atoms with Gasteiger partial charge in [0.2, 0.25) is 0 Å². The van der Waals surface area contributed by atoms with Gasteiger partial charge in [-0.25, -0.2) is 4.79 Å². The van der Waals surface area contributed by atoms with E-state index in [4.69, 9.17) is 18.6 Å². The van der Waals surface area contributed by atoms with Crippen molar-refractivity contribution in [2.75, 3.05) is 7.11 Å². The van der Waals surface area contributed by atoms with E-state index in [1.54, 1.807) is 39.0 Å². The fourth-order valence-corrected chi connectivity index (χ4v) is 2.21. The van der Waals surface area contributed by atoms with Gasteiger partial charge >= 0.3 is 6.16 Å². The number of methoxy groups -OCH3 is 1. The van der Waals surface area contributed by atoms with Gasteiger partial charge in [-0.2, -0.15) is 5.26 Å². The molecular weight excluding hydrogens is 376 g/mol. The predicted octanol–water partition coefficient (Wildman–Crippen LogP) is 3.83. The van der Waals surface area contributed by atoms with E-state index in [-0.39, 0.29) is 23.6 Å². The Hall–Kier alpha value is -3.73. The molecule has 1 aromatic carbocycles. The number of carbonyl (C=O) groups excluding carboxylic acids is 2. The molecule has 2 aromatic rings. The molecule has 0 saturated carbocycles. The van der Waals surface area contributed by atoms with E-state index in [1.807, 2.05) is 6.07 Å². The molecule has 0 atom stereocenters. The molecule has 8 heteroatoms. The summed E-state index contributed by atoms with van der Waals surface area (Å²) in [6.45, 7) is 5.33. The van der Waals surface area contributed by atoms with Gasteiger partial charge in [0.25, 0.3) is 5.91 Å². The first-order valence-corrected chi connectivity index (χ1v) is 8.73. The molecule has 0 aliphatic heterocycles. The first-order chi connectivity index (χ1) is 13.7. The molecule has 152 valence electrons. The molecule has 1 heterocycles. The molecule has 1 amide bonds. The predicted molar refractivity (Wildman–Crippen MR) is 104 cm³/mol. The van der Waals surface area contributed by atoms with Crippen LogP contribution in [-0.2, 0) is 16.1 Å². The van der Waals surface area contributed by atoms with Crippen LogP contribution >= 0.6 is 0 Å². The molecule has 0 saturated heterocycles. The van der Waals surface area contributed by atoms with Gasteiger partial charge in [0.15, 0.2) is 11.5 Å². The molecular formula is C21H22N2O6. The number of nitriles is 1. The number of rotatable bonds is 6. The Morgan fingerprint density at radius 2 is 2.00 bits per heavy atom. The van der Waals surface area contributed by atoms with Crippen molar-refractivity contribution in [2.24, 2.45) is 0 Å². The molecule has 0 unspecified atom stereocenters. The van der Waals surface area contributed by atoms with Crippen LogP contribution in [-0.4, -0.2) is 24.8 Å². The van der Waals surface area contributed by atoms with Crippen LogP contribution in [0.3, 0.4) is 0 Å². The third-order valence-corrected chi connectivity index (χ3v) is 3.45. The lowest BCUT2D eigenvalue weighted by atomic mass is 10.1. The van der Waals surface area contributed by atoms with Crippen LogP contribution in [0.15, 0.2) is 46.6 Å². The lowest BCUT2D eigenvalue weighted by Gasteiger charge is -2.19. The zero-order valence-electron chi connectivity index (χ0n) is 16.6. The minimum atomic E-state index is -0.867. The van der Waals surface area contributed by atoms with E-state index in [1.165, 1.54) is 31.6 Å². The van der Waals surface area contributed by atoms with E-state index in [9.17, 15) is 14.9 Å². The molecule has 0 aliphatic rings. The van der Waals surface area contributed by atoms with Crippen molar-refractivity contribution < 1.29 is 28.2 Å². The van der Waals surface area contributed by atoms with E-state index in [0.717, 1.165) is 0 Å². The number of hydrogen-bond acceptors (Lipinski definition) is 7. The van der Waals surface area contributed by atoms with E-state index in [2.05, 4.69) is 5.32 Å². The monoisotopic (exact) mass is 398 g/mol. The van der Waals surface area contributed by atoms with Gasteiger partial charge in [-0.05, 0) is 56.7 Å². The number of amides is 1. The van der Waals surface area contributed by atoms with Crippen LogP contribution in [0.4, 0.5) is 4.79 Å². The molecule has 0 aliphatic carbocycles. The van der Waals surface area contributed by atoms with Gasteiger partial charge in [-0.15, -0.1) is 0 Å². The van der Waals surface area contributed by atoms with E-state index >= 15 is 0 Å². The second kappa shape index (κ2) is 9.46. The average Bonchev–Trinajstić information content (AvgIpc) is 3.17. The lowest BCUT2D eigenvalue weighted by molar-refractivity contribution is -0.117. The van der Waals surface area contributed by atoms with Crippen LogP contribution < -0.4 is 14.8 Å². The molecule has 0 fully saturated rings. The number of nitrogens with one attached hydrogen (secondary N) is 1. The third kappa shape index (κ3) is 6.74. The number of nitrogens with zero attached hydrogens (tertiary/aromatic N) is 1. The minimum absolute atomic E-state index is 0.0978. The Kier molecular flexibility index (Phi) is 7.04. The topological polar surface area (TPSA) is 111 Å². The first kappa shape index (κ1) is 21.6. The Labute approximate surface area is 168 Å². The SMILES string of the molecule is COc1cc(/C=C(\C#N)C(=O)NCc2ccco2)ccc1OC(=O)OC(C)(C)C. The zero-order valence-corrected chi connectivity index (χ0v) is 16.6. The molecule has 0 bridgehead atoms. The highest BCUT2D eigenvalue weighted by atomic mass is 16.7. The van der Waals surface area contributed by atoms with Crippen LogP contribution in [0.5, 0.6) is 11.5 Å². The molecule has 2 rings (SSSR count). The largest absolute Gasteiger partial charge is 0.514 e. The van der Waals surface area contributed by atoms with Gasteiger partial charge < -0.3 is 23.9 Å². The summed E-state index contributed by atoms with van der Waals surface area (Å²) in [5.74, 6) is 0.426. The Morgan fingerprint density at radius 1 is 1.24 bits per heavy atom. The Bertz CT molecular complexity index is 933. The van der Waals surface area contributed by atoms with Crippen molar-refractivity contribution in [2.45, 2.75) is 32.9 Å². The summed E-state index contributed by atoms with van der Waals surface area (Å²) in [6.07, 6.45) is 2.03. The summed E-state index contributed by atoms with van der Waals surface area (Å²) < 4.78 is 20.6. The summed E-state index contributed by atoms with van der Waals surface area (Å²) in [6, 6.07) is 9.89. The van der Waals surface area contributed by atoms with Crippen molar-refractivity contribution in [3.63, 3.8) is 0 Å². The van der Waals surface area contributed by atoms with Crippen molar-refractivity contribution in [1.82, 2.24) is 5.32 Å². The first-order valence-electron chi connectivity index (χ1n) is 8.73. The maximum atomic E-state index is 12.2. The van der Waals surface area contributed by atoms with Gasteiger partial charge in [0, 0.05) is 0 Å². The maximum absolute atomic E-state index is 12.2. The molecule has 0 radical (unpaired) electrons.